The number of furan rings is 1. The molecule has 0 bridgehead atoms. The van der Waals surface area contributed by atoms with Gasteiger partial charge in [-0.15, -0.1) is 0 Å². The van der Waals surface area contributed by atoms with Gasteiger partial charge in [0.15, 0.2) is 6.61 Å². The summed E-state index contributed by atoms with van der Waals surface area (Å²) in [4.78, 5) is 24.7. The van der Waals surface area contributed by atoms with Gasteiger partial charge < -0.3 is 18.5 Å². The van der Waals surface area contributed by atoms with E-state index in [1.165, 1.54) is 0 Å². The Bertz CT molecular complexity index is 824. The summed E-state index contributed by atoms with van der Waals surface area (Å²) in [6, 6.07) is 3.48. The van der Waals surface area contributed by atoms with Crippen molar-refractivity contribution in [2.45, 2.75) is 53.2 Å². The van der Waals surface area contributed by atoms with E-state index in [4.69, 9.17) is 13.9 Å². The van der Waals surface area contributed by atoms with Gasteiger partial charge in [0.2, 0.25) is 5.78 Å². The van der Waals surface area contributed by atoms with Crippen LogP contribution in [0.15, 0.2) is 16.5 Å². The first-order valence-electron chi connectivity index (χ1n) is 8.92. The molecule has 2 aromatic heterocycles. The topological polar surface area (TPSA) is 70.7 Å². The van der Waals surface area contributed by atoms with Crippen LogP contribution in [0.4, 0.5) is 0 Å². The first kappa shape index (κ1) is 18.5. The number of carbonyl (C=O) groups excluding carboxylic acids is 2. The summed E-state index contributed by atoms with van der Waals surface area (Å²) in [5.41, 5.74) is 2.84. The molecule has 6 heteroatoms. The molecule has 0 unspecified atom stereocenters. The van der Waals surface area contributed by atoms with E-state index in [0.29, 0.717) is 22.6 Å². The number of nitrogens with zero attached hydrogens (tertiary/aromatic N) is 1. The van der Waals surface area contributed by atoms with E-state index in [1.54, 1.807) is 19.9 Å². The number of esters is 1. The average molecular weight is 359 g/mol. The monoisotopic (exact) mass is 359 g/mol. The molecule has 1 atom stereocenters. The van der Waals surface area contributed by atoms with E-state index in [2.05, 4.69) is 4.57 Å². The summed E-state index contributed by atoms with van der Waals surface area (Å²) >= 11 is 0. The fourth-order valence-corrected chi connectivity index (χ4v) is 3.48. The van der Waals surface area contributed by atoms with Gasteiger partial charge in [-0.25, -0.2) is 4.79 Å². The molecular formula is C20H25NO5. The van der Waals surface area contributed by atoms with E-state index < -0.39 is 5.97 Å². The lowest BCUT2D eigenvalue weighted by Gasteiger charge is -2.14. The summed E-state index contributed by atoms with van der Waals surface area (Å²) in [6.45, 7) is 8.62. The summed E-state index contributed by atoms with van der Waals surface area (Å²) < 4.78 is 18.3. The maximum absolute atomic E-state index is 12.5. The number of hydrogen-bond donors (Lipinski definition) is 0. The zero-order valence-corrected chi connectivity index (χ0v) is 15.8. The predicted molar refractivity (Wildman–Crippen MR) is 95.7 cm³/mol. The van der Waals surface area contributed by atoms with Crippen LogP contribution in [0.1, 0.15) is 56.5 Å². The minimum Gasteiger partial charge on any atom is -0.466 e. The Labute approximate surface area is 153 Å². The number of carbonyl (C=O) groups is 2. The van der Waals surface area contributed by atoms with Crippen LogP contribution in [0.25, 0.3) is 0 Å². The fourth-order valence-electron chi connectivity index (χ4n) is 3.48. The van der Waals surface area contributed by atoms with Crippen molar-refractivity contribution in [3.63, 3.8) is 0 Å². The van der Waals surface area contributed by atoms with Crippen LogP contribution in [-0.4, -0.2) is 35.6 Å². The van der Waals surface area contributed by atoms with Crippen molar-refractivity contribution in [3.05, 3.63) is 46.2 Å². The molecule has 1 aliphatic rings. The van der Waals surface area contributed by atoms with Crippen molar-refractivity contribution in [1.82, 2.24) is 4.57 Å². The lowest BCUT2D eigenvalue weighted by Crippen LogP contribution is -2.18. The average Bonchev–Trinajstić information content (AvgIpc) is 3.29. The minimum atomic E-state index is -0.541. The molecule has 1 fully saturated rings. The fraction of sp³-hybridized carbons (Fsp3) is 0.500. The van der Waals surface area contributed by atoms with E-state index in [9.17, 15) is 9.59 Å². The summed E-state index contributed by atoms with van der Waals surface area (Å²) in [5.74, 6) is 0.386. The summed E-state index contributed by atoms with van der Waals surface area (Å²) in [6.07, 6.45) is 2.33. The van der Waals surface area contributed by atoms with Crippen LogP contribution in [-0.2, 0) is 16.0 Å². The molecule has 3 rings (SSSR count). The van der Waals surface area contributed by atoms with Gasteiger partial charge in [-0.2, -0.15) is 0 Å². The van der Waals surface area contributed by atoms with Gasteiger partial charge in [-0.05, 0) is 52.7 Å². The third kappa shape index (κ3) is 3.75. The highest BCUT2D eigenvalue weighted by molar-refractivity contribution is 6.00. The summed E-state index contributed by atoms with van der Waals surface area (Å²) in [5, 5.41) is 0. The highest BCUT2D eigenvalue weighted by Gasteiger charge is 2.22. The first-order valence-corrected chi connectivity index (χ1v) is 8.92. The van der Waals surface area contributed by atoms with Gasteiger partial charge in [-0.3, -0.25) is 4.79 Å². The smallest absolute Gasteiger partial charge is 0.342 e. The molecule has 2 aromatic rings. The van der Waals surface area contributed by atoms with Crippen LogP contribution in [0.5, 0.6) is 0 Å². The Morgan fingerprint density at radius 2 is 1.96 bits per heavy atom. The number of aromatic nitrogens is 1. The molecule has 1 saturated heterocycles. The van der Waals surface area contributed by atoms with E-state index >= 15 is 0 Å². The third-order valence-corrected chi connectivity index (χ3v) is 4.88. The highest BCUT2D eigenvalue weighted by Crippen LogP contribution is 2.21. The molecule has 140 valence electrons. The zero-order chi connectivity index (χ0) is 18.8. The lowest BCUT2D eigenvalue weighted by molar-refractivity contribution is 0.0472. The standard InChI is InChI=1S/C20H25NO5/c1-12-8-17(14(3)21(12)10-16-6-5-7-24-16)19(22)11-25-20(23)18-9-13(2)26-15(18)4/h8-9,16H,5-7,10-11H2,1-4H3/t16-/m0/s1. The number of Topliss-reactive ketones (excluding diaryl/α,β-unsaturated/α-hetero) is 1. The van der Waals surface area contributed by atoms with Crippen molar-refractivity contribution < 1.29 is 23.5 Å². The molecule has 0 N–H and O–H groups in total. The quantitative estimate of drug-likeness (QED) is 0.583. The second-order valence-corrected chi connectivity index (χ2v) is 6.86. The van der Waals surface area contributed by atoms with Gasteiger partial charge in [0, 0.05) is 30.1 Å². The molecular weight excluding hydrogens is 334 g/mol. The van der Waals surface area contributed by atoms with Crippen LogP contribution >= 0.6 is 0 Å². The van der Waals surface area contributed by atoms with Crippen LogP contribution in [0.3, 0.4) is 0 Å². The van der Waals surface area contributed by atoms with Crippen LogP contribution < -0.4 is 0 Å². The molecule has 0 aromatic carbocycles. The molecule has 0 spiro atoms. The molecule has 0 saturated carbocycles. The minimum absolute atomic E-state index is 0.202. The molecule has 0 aliphatic carbocycles. The van der Waals surface area contributed by atoms with Crippen molar-refractivity contribution in [1.29, 1.82) is 0 Å². The molecule has 0 amide bonds. The van der Waals surface area contributed by atoms with Crippen molar-refractivity contribution in [3.8, 4) is 0 Å². The molecule has 6 nitrogen and oxygen atoms in total. The zero-order valence-electron chi connectivity index (χ0n) is 15.8. The van der Waals surface area contributed by atoms with Crippen LogP contribution in [0.2, 0.25) is 0 Å². The number of ether oxygens (including phenoxy) is 2. The number of rotatable bonds is 6. The van der Waals surface area contributed by atoms with E-state index in [0.717, 1.165) is 37.4 Å². The SMILES string of the molecule is Cc1cc(C(=O)OCC(=O)c2cc(C)n(C[C@@H]3CCCO3)c2C)c(C)o1. The normalized spacial score (nSPS) is 16.8. The van der Waals surface area contributed by atoms with Gasteiger partial charge in [0.05, 0.1) is 6.10 Å². The van der Waals surface area contributed by atoms with Crippen molar-refractivity contribution in [2.24, 2.45) is 0 Å². The van der Waals surface area contributed by atoms with Gasteiger partial charge in [-0.1, -0.05) is 0 Å². The predicted octanol–water partition coefficient (Wildman–Crippen LogP) is 3.53. The number of hydrogen-bond acceptors (Lipinski definition) is 5. The Balaban J connectivity index is 1.66. The van der Waals surface area contributed by atoms with Gasteiger partial charge >= 0.3 is 5.97 Å². The Hall–Kier alpha value is -2.34. The van der Waals surface area contributed by atoms with Crippen molar-refractivity contribution >= 4 is 11.8 Å². The van der Waals surface area contributed by atoms with Gasteiger partial charge in [0.25, 0.3) is 0 Å². The Kier molecular flexibility index (Phi) is 5.32. The van der Waals surface area contributed by atoms with Crippen LogP contribution in [0, 0.1) is 27.7 Å². The molecule has 1 aliphatic heterocycles. The lowest BCUT2D eigenvalue weighted by atomic mass is 10.1. The number of aryl methyl sites for hydroxylation is 3. The Morgan fingerprint density at radius 1 is 1.19 bits per heavy atom. The molecule has 26 heavy (non-hydrogen) atoms. The summed E-state index contributed by atoms with van der Waals surface area (Å²) in [7, 11) is 0. The molecule has 0 radical (unpaired) electrons. The maximum atomic E-state index is 12.5. The van der Waals surface area contributed by atoms with Gasteiger partial charge in [0.1, 0.15) is 17.1 Å². The maximum Gasteiger partial charge on any atom is 0.342 e. The second-order valence-electron chi connectivity index (χ2n) is 6.86. The highest BCUT2D eigenvalue weighted by atomic mass is 16.5. The number of ketones is 1. The molecule has 3 heterocycles. The first-order chi connectivity index (χ1) is 12.4. The third-order valence-electron chi connectivity index (χ3n) is 4.88. The van der Waals surface area contributed by atoms with E-state index in [1.807, 2.05) is 19.9 Å². The largest absolute Gasteiger partial charge is 0.466 e. The van der Waals surface area contributed by atoms with Crippen molar-refractivity contribution in [2.75, 3.05) is 13.2 Å². The Morgan fingerprint density at radius 3 is 2.58 bits per heavy atom. The van der Waals surface area contributed by atoms with E-state index in [-0.39, 0.29) is 18.5 Å². The second kappa shape index (κ2) is 7.50.